The molecule has 0 unspecified atom stereocenters. The normalized spacial score (nSPS) is 30.9. The summed E-state index contributed by atoms with van der Waals surface area (Å²) in [5, 5.41) is 9.70. The summed E-state index contributed by atoms with van der Waals surface area (Å²) in [6.45, 7) is 3.36. The number of hydrogen-bond acceptors (Lipinski definition) is 2. The van der Waals surface area contributed by atoms with Gasteiger partial charge in [0.05, 0.1) is 5.60 Å². The van der Waals surface area contributed by atoms with Crippen molar-refractivity contribution < 1.29 is 5.11 Å². The van der Waals surface area contributed by atoms with E-state index < -0.39 is 0 Å². The average Bonchev–Trinajstić information content (AvgIpc) is 1.74. The lowest BCUT2D eigenvalue weighted by Gasteiger charge is -2.43. The van der Waals surface area contributed by atoms with Crippen LogP contribution in [0.4, 0.5) is 0 Å². The van der Waals surface area contributed by atoms with Gasteiger partial charge in [0.2, 0.25) is 0 Å². The van der Waals surface area contributed by atoms with Gasteiger partial charge in [-0.25, -0.2) is 0 Å². The maximum atomic E-state index is 9.70. The first-order valence-electron chi connectivity index (χ1n) is 4.23. The van der Waals surface area contributed by atoms with E-state index in [9.17, 15) is 5.11 Å². The number of likely N-dealkylation sites (tertiary alicyclic amines) is 1. The Labute approximate surface area is 61.8 Å². The van der Waals surface area contributed by atoms with Crippen LogP contribution in [0.25, 0.3) is 0 Å². The third-order valence-corrected chi connectivity index (χ3v) is 2.75. The standard InChI is InChI=1S/C8H15NO/c10-8(3-1-4-8)7-9-5-2-6-9/h10H,1-7H2. The van der Waals surface area contributed by atoms with E-state index in [0.29, 0.717) is 0 Å². The summed E-state index contributed by atoms with van der Waals surface area (Å²) in [4.78, 5) is 2.35. The van der Waals surface area contributed by atoms with E-state index in [1.54, 1.807) is 0 Å². The predicted molar refractivity (Wildman–Crippen MR) is 39.9 cm³/mol. The molecule has 1 aliphatic heterocycles. The molecule has 2 aliphatic rings. The Kier molecular flexibility index (Phi) is 1.46. The molecule has 2 fully saturated rings. The molecule has 1 saturated heterocycles. The van der Waals surface area contributed by atoms with Gasteiger partial charge < -0.3 is 10.0 Å². The van der Waals surface area contributed by atoms with Gasteiger partial charge >= 0.3 is 0 Å². The van der Waals surface area contributed by atoms with E-state index in [1.807, 2.05) is 0 Å². The van der Waals surface area contributed by atoms with Crippen LogP contribution in [0.15, 0.2) is 0 Å². The second kappa shape index (κ2) is 2.21. The predicted octanol–water partition coefficient (Wildman–Crippen LogP) is 0.607. The van der Waals surface area contributed by atoms with Crippen molar-refractivity contribution in [2.24, 2.45) is 0 Å². The van der Waals surface area contributed by atoms with Gasteiger partial charge in [-0.2, -0.15) is 0 Å². The van der Waals surface area contributed by atoms with Gasteiger partial charge in [0, 0.05) is 6.54 Å². The van der Waals surface area contributed by atoms with Gasteiger partial charge in [0.15, 0.2) is 0 Å². The summed E-state index contributed by atoms with van der Waals surface area (Å²) < 4.78 is 0. The summed E-state index contributed by atoms with van der Waals surface area (Å²) in [5.41, 5.74) is -0.277. The van der Waals surface area contributed by atoms with Gasteiger partial charge in [0.25, 0.3) is 0 Å². The fourth-order valence-electron chi connectivity index (χ4n) is 1.70. The van der Waals surface area contributed by atoms with E-state index >= 15 is 0 Å². The molecule has 58 valence electrons. The highest BCUT2D eigenvalue weighted by Gasteiger charge is 2.36. The molecule has 2 rings (SSSR count). The molecule has 0 bridgehead atoms. The van der Waals surface area contributed by atoms with Crippen LogP contribution >= 0.6 is 0 Å². The van der Waals surface area contributed by atoms with Gasteiger partial charge in [0.1, 0.15) is 0 Å². The van der Waals surface area contributed by atoms with Crippen LogP contribution in [0, 0.1) is 0 Å². The van der Waals surface area contributed by atoms with E-state index in [-0.39, 0.29) is 5.60 Å². The van der Waals surface area contributed by atoms with E-state index in [2.05, 4.69) is 4.90 Å². The van der Waals surface area contributed by atoms with Crippen LogP contribution in [0.3, 0.4) is 0 Å². The first kappa shape index (κ1) is 6.62. The number of aliphatic hydroxyl groups is 1. The molecule has 1 N–H and O–H groups in total. The van der Waals surface area contributed by atoms with Crippen LogP contribution in [0.5, 0.6) is 0 Å². The first-order valence-corrected chi connectivity index (χ1v) is 4.23. The number of nitrogens with zero attached hydrogens (tertiary/aromatic N) is 1. The molecule has 0 amide bonds. The van der Waals surface area contributed by atoms with Crippen molar-refractivity contribution in [3.63, 3.8) is 0 Å². The molecule has 0 aromatic carbocycles. The quantitative estimate of drug-likeness (QED) is 0.609. The van der Waals surface area contributed by atoms with Gasteiger partial charge in [-0.3, -0.25) is 0 Å². The number of β-amino-alcohol motifs (C(OH)–C–C–N with tert-alkyl or cyclic N) is 1. The molecule has 0 atom stereocenters. The highest BCUT2D eigenvalue weighted by Crippen LogP contribution is 2.33. The van der Waals surface area contributed by atoms with Crippen molar-refractivity contribution in [2.75, 3.05) is 19.6 Å². The van der Waals surface area contributed by atoms with Crippen molar-refractivity contribution >= 4 is 0 Å². The van der Waals surface area contributed by atoms with Crippen molar-refractivity contribution in [2.45, 2.75) is 31.3 Å². The fourth-order valence-corrected chi connectivity index (χ4v) is 1.70. The van der Waals surface area contributed by atoms with Gasteiger partial charge in [-0.05, 0) is 38.8 Å². The lowest BCUT2D eigenvalue weighted by molar-refractivity contribution is -0.0694. The maximum Gasteiger partial charge on any atom is 0.0774 e. The smallest absolute Gasteiger partial charge is 0.0774 e. The fraction of sp³-hybridized carbons (Fsp3) is 1.00. The van der Waals surface area contributed by atoms with Crippen LogP contribution in [-0.2, 0) is 0 Å². The van der Waals surface area contributed by atoms with E-state index in [1.165, 1.54) is 25.9 Å². The summed E-state index contributed by atoms with van der Waals surface area (Å²) in [6, 6.07) is 0. The van der Waals surface area contributed by atoms with Crippen molar-refractivity contribution in [1.29, 1.82) is 0 Å². The molecule has 0 spiro atoms. The molecule has 1 saturated carbocycles. The monoisotopic (exact) mass is 141 g/mol. The Morgan fingerprint density at radius 1 is 1.20 bits per heavy atom. The second-order valence-electron chi connectivity index (χ2n) is 3.71. The van der Waals surface area contributed by atoms with Gasteiger partial charge in [-0.1, -0.05) is 0 Å². The highest BCUT2D eigenvalue weighted by molar-refractivity contribution is 4.91. The molecule has 0 radical (unpaired) electrons. The third kappa shape index (κ3) is 1.06. The molecule has 10 heavy (non-hydrogen) atoms. The minimum Gasteiger partial charge on any atom is -0.389 e. The minimum absolute atomic E-state index is 0.277. The van der Waals surface area contributed by atoms with E-state index in [4.69, 9.17) is 0 Å². The van der Waals surface area contributed by atoms with Crippen LogP contribution in [0.1, 0.15) is 25.7 Å². The molecule has 1 aliphatic carbocycles. The highest BCUT2D eigenvalue weighted by atomic mass is 16.3. The van der Waals surface area contributed by atoms with Crippen LogP contribution < -0.4 is 0 Å². The summed E-state index contributed by atoms with van der Waals surface area (Å²) in [5.74, 6) is 0. The zero-order valence-electron chi connectivity index (χ0n) is 6.34. The summed E-state index contributed by atoms with van der Waals surface area (Å²) in [7, 11) is 0. The molecule has 2 nitrogen and oxygen atoms in total. The topological polar surface area (TPSA) is 23.5 Å². The van der Waals surface area contributed by atoms with Crippen LogP contribution in [0.2, 0.25) is 0 Å². The molecule has 0 aromatic heterocycles. The second-order valence-corrected chi connectivity index (χ2v) is 3.71. The summed E-state index contributed by atoms with van der Waals surface area (Å²) in [6.07, 6.45) is 4.62. The first-order chi connectivity index (χ1) is 4.79. The molecule has 1 heterocycles. The third-order valence-electron chi connectivity index (χ3n) is 2.75. The van der Waals surface area contributed by atoms with Crippen molar-refractivity contribution in [3.05, 3.63) is 0 Å². The SMILES string of the molecule is OC1(CN2CCC2)CCC1. The molecule has 2 heteroatoms. The lowest BCUT2D eigenvalue weighted by atomic mass is 9.79. The number of hydrogen-bond donors (Lipinski definition) is 1. The molecular weight excluding hydrogens is 126 g/mol. The Balaban J connectivity index is 1.77. The minimum atomic E-state index is -0.277. The Hall–Kier alpha value is -0.0800. The Bertz CT molecular complexity index is 127. The zero-order chi connectivity index (χ0) is 7.03. The number of rotatable bonds is 2. The van der Waals surface area contributed by atoms with Gasteiger partial charge in [-0.15, -0.1) is 0 Å². The largest absolute Gasteiger partial charge is 0.389 e. The summed E-state index contributed by atoms with van der Waals surface area (Å²) >= 11 is 0. The van der Waals surface area contributed by atoms with Crippen LogP contribution in [-0.4, -0.2) is 35.2 Å². The van der Waals surface area contributed by atoms with Crippen molar-refractivity contribution in [1.82, 2.24) is 4.90 Å². The zero-order valence-corrected chi connectivity index (χ0v) is 6.34. The Morgan fingerprint density at radius 2 is 1.90 bits per heavy atom. The molecule has 0 aromatic rings. The van der Waals surface area contributed by atoms with Crippen molar-refractivity contribution in [3.8, 4) is 0 Å². The molecular formula is C8H15NO. The lowest BCUT2D eigenvalue weighted by Crippen LogP contribution is -2.52. The average molecular weight is 141 g/mol. The van der Waals surface area contributed by atoms with E-state index in [0.717, 1.165) is 19.4 Å². The Morgan fingerprint density at radius 3 is 2.20 bits per heavy atom. The maximum absolute atomic E-state index is 9.70.